The van der Waals surface area contributed by atoms with E-state index in [1.165, 1.54) is 18.2 Å². The number of alkyl halides is 3. The first-order valence-electron chi connectivity index (χ1n) is 10.7. The summed E-state index contributed by atoms with van der Waals surface area (Å²) in [6, 6.07) is 13.8. The molecule has 0 aliphatic rings. The van der Waals surface area contributed by atoms with Gasteiger partial charge in [-0.15, -0.1) is 0 Å². The quantitative estimate of drug-likeness (QED) is 0.228. The van der Waals surface area contributed by atoms with Gasteiger partial charge in [0.15, 0.2) is 5.78 Å². The van der Waals surface area contributed by atoms with Crippen molar-refractivity contribution in [2.24, 2.45) is 0 Å². The van der Waals surface area contributed by atoms with E-state index in [-0.39, 0.29) is 46.0 Å². The fourth-order valence-electron chi connectivity index (χ4n) is 3.35. The van der Waals surface area contributed by atoms with Crippen LogP contribution >= 0.6 is 11.6 Å². The molecule has 0 saturated heterocycles. The first-order valence-corrected chi connectivity index (χ1v) is 11.1. The molecule has 0 aliphatic heterocycles. The van der Waals surface area contributed by atoms with Gasteiger partial charge in [-0.05, 0) is 42.8 Å². The molecule has 3 N–H and O–H groups in total. The molecule has 0 fully saturated rings. The molecule has 3 rings (SSSR count). The maximum atomic E-state index is 13.0. The monoisotopic (exact) mass is 516 g/mol. The van der Waals surface area contributed by atoms with Crippen LogP contribution < -0.4 is 10.6 Å². The fraction of sp³-hybridized carbons (Fsp3) is 0.200. The Morgan fingerprint density at radius 1 is 1.06 bits per heavy atom. The van der Waals surface area contributed by atoms with Crippen molar-refractivity contribution in [1.29, 1.82) is 5.26 Å². The highest BCUT2D eigenvalue weighted by molar-refractivity contribution is 6.33. The number of nitriles is 1. The molecule has 1 aromatic heterocycles. The number of carbonyl (C=O) groups excluding carboxylic acids is 1. The third-order valence-electron chi connectivity index (χ3n) is 5.14. The van der Waals surface area contributed by atoms with Crippen LogP contribution in [0.5, 0.6) is 0 Å². The number of Topliss-reactive ketones (excluding diaryl/α,β-unsaturated/α-hetero) is 1. The van der Waals surface area contributed by atoms with Crippen molar-refractivity contribution in [2.75, 3.05) is 23.7 Å². The van der Waals surface area contributed by atoms with Crippen LogP contribution in [0.4, 0.5) is 24.5 Å². The Balaban J connectivity index is 1.77. The summed E-state index contributed by atoms with van der Waals surface area (Å²) in [5, 5.41) is 24.4. The van der Waals surface area contributed by atoms with E-state index < -0.39 is 17.8 Å². The highest BCUT2D eigenvalue weighted by atomic mass is 35.5. The first kappa shape index (κ1) is 26.5. The molecule has 7 nitrogen and oxygen atoms in total. The largest absolute Gasteiger partial charge is 0.481 e. The van der Waals surface area contributed by atoms with Gasteiger partial charge in [-0.25, -0.2) is 0 Å². The van der Waals surface area contributed by atoms with Crippen LogP contribution in [0.25, 0.3) is 11.1 Å². The molecule has 0 aliphatic carbocycles. The van der Waals surface area contributed by atoms with Gasteiger partial charge in [0.2, 0.25) is 0 Å². The predicted molar refractivity (Wildman–Crippen MR) is 129 cm³/mol. The minimum atomic E-state index is -4.71. The summed E-state index contributed by atoms with van der Waals surface area (Å²) < 4.78 is 38.9. The van der Waals surface area contributed by atoms with Crippen molar-refractivity contribution in [1.82, 2.24) is 4.98 Å². The summed E-state index contributed by atoms with van der Waals surface area (Å²) in [6.45, 7) is 0.327. The number of rotatable bonds is 10. The van der Waals surface area contributed by atoms with Crippen molar-refractivity contribution in [3.05, 3.63) is 76.6 Å². The van der Waals surface area contributed by atoms with Gasteiger partial charge >= 0.3 is 12.1 Å². The SMILES string of the molecule is N#Cc1cc(C(F)(F)F)ncc1-c1cc(C(=O)CNc2ccccc2NCCCC(=O)O)ccc1Cl. The third kappa shape index (κ3) is 6.73. The number of carboxylic acid groups (broad SMARTS) is 1. The zero-order valence-corrected chi connectivity index (χ0v) is 19.5. The van der Waals surface area contributed by atoms with Crippen LogP contribution in [0.15, 0.2) is 54.7 Å². The molecule has 36 heavy (non-hydrogen) atoms. The zero-order valence-electron chi connectivity index (χ0n) is 18.7. The Bertz CT molecular complexity index is 1320. The van der Waals surface area contributed by atoms with Crippen molar-refractivity contribution < 1.29 is 27.9 Å². The summed E-state index contributed by atoms with van der Waals surface area (Å²) in [7, 11) is 0. The smallest absolute Gasteiger partial charge is 0.433 e. The van der Waals surface area contributed by atoms with Crippen LogP contribution in [0.2, 0.25) is 5.02 Å². The number of carboxylic acids is 1. The van der Waals surface area contributed by atoms with Crippen molar-refractivity contribution >= 4 is 34.7 Å². The maximum absolute atomic E-state index is 13.0. The van der Waals surface area contributed by atoms with E-state index in [2.05, 4.69) is 15.6 Å². The predicted octanol–water partition coefficient (Wildman–Crippen LogP) is 5.86. The number of nitrogens with zero attached hydrogens (tertiary/aromatic N) is 2. The normalized spacial score (nSPS) is 11.0. The second-order valence-electron chi connectivity index (χ2n) is 7.67. The molecule has 0 bridgehead atoms. The van der Waals surface area contributed by atoms with Crippen LogP contribution in [-0.4, -0.2) is 34.9 Å². The molecule has 0 spiro atoms. The first-order chi connectivity index (χ1) is 17.1. The lowest BCUT2D eigenvalue weighted by atomic mass is 9.98. The molecule has 0 saturated carbocycles. The maximum Gasteiger partial charge on any atom is 0.433 e. The average molecular weight is 517 g/mol. The number of hydrogen-bond donors (Lipinski definition) is 3. The number of aromatic nitrogens is 1. The number of halogens is 4. The van der Waals surface area contributed by atoms with E-state index in [9.17, 15) is 28.0 Å². The van der Waals surface area contributed by atoms with Gasteiger partial charge in [0.1, 0.15) is 5.69 Å². The molecule has 11 heteroatoms. The Hall–Kier alpha value is -4.10. The number of hydrogen-bond acceptors (Lipinski definition) is 6. The van der Waals surface area contributed by atoms with Gasteiger partial charge in [0.25, 0.3) is 0 Å². The van der Waals surface area contributed by atoms with Crippen molar-refractivity contribution in [3.63, 3.8) is 0 Å². The van der Waals surface area contributed by atoms with Crippen LogP contribution in [0.3, 0.4) is 0 Å². The molecule has 186 valence electrons. The molecule has 2 aromatic carbocycles. The van der Waals surface area contributed by atoms with E-state index in [0.29, 0.717) is 30.4 Å². The van der Waals surface area contributed by atoms with Gasteiger partial charge in [0, 0.05) is 40.9 Å². The molecule has 0 unspecified atom stereocenters. The standard InChI is InChI=1S/C25H20ClF3N4O3/c26-19-8-7-15(10-17(19)18-13-33-23(25(27,28)29)11-16(18)12-30)22(34)14-32-21-5-2-1-4-20(21)31-9-3-6-24(35)36/h1-2,4-5,7-8,10-11,13,31-32H,3,6,9,14H2,(H,35,36). The Morgan fingerprint density at radius 2 is 1.75 bits per heavy atom. The van der Waals surface area contributed by atoms with E-state index in [1.807, 2.05) is 0 Å². The lowest BCUT2D eigenvalue weighted by Crippen LogP contribution is -2.15. The number of anilines is 2. The lowest BCUT2D eigenvalue weighted by molar-refractivity contribution is -0.141. The molecule has 0 radical (unpaired) electrons. The van der Waals surface area contributed by atoms with Gasteiger partial charge in [-0.1, -0.05) is 23.7 Å². The highest BCUT2D eigenvalue weighted by Gasteiger charge is 2.33. The van der Waals surface area contributed by atoms with Crippen LogP contribution in [0, 0.1) is 11.3 Å². The molecule has 0 atom stereocenters. The summed E-state index contributed by atoms with van der Waals surface area (Å²) in [5.41, 5.74) is 0.374. The fourth-order valence-corrected chi connectivity index (χ4v) is 3.57. The van der Waals surface area contributed by atoms with Gasteiger partial charge in [-0.2, -0.15) is 18.4 Å². The van der Waals surface area contributed by atoms with E-state index in [1.54, 1.807) is 30.3 Å². The topological polar surface area (TPSA) is 115 Å². The van der Waals surface area contributed by atoms with Gasteiger partial charge in [-0.3, -0.25) is 14.6 Å². The molecular formula is C25H20ClF3N4O3. The van der Waals surface area contributed by atoms with Crippen molar-refractivity contribution in [3.8, 4) is 17.2 Å². The molecular weight excluding hydrogens is 497 g/mol. The Labute approximate surface area is 209 Å². The number of nitrogens with one attached hydrogen (secondary N) is 2. The molecule has 1 heterocycles. The zero-order chi connectivity index (χ0) is 26.3. The number of aliphatic carboxylic acids is 1. The minimum Gasteiger partial charge on any atom is -0.481 e. The number of para-hydroxylation sites is 2. The van der Waals surface area contributed by atoms with Crippen molar-refractivity contribution in [2.45, 2.75) is 19.0 Å². The summed E-state index contributed by atoms with van der Waals surface area (Å²) >= 11 is 6.24. The molecule has 3 aromatic rings. The summed E-state index contributed by atoms with van der Waals surface area (Å²) in [5.74, 6) is -1.21. The van der Waals surface area contributed by atoms with E-state index in [4.69, 9.17) is 16.7 Å². The van der Waals surface area contributed by atoms with Gasteiger partial charge in [0.05, 0.1) is 29.6 Å². The minimum absolute atomic E-state index is 0.0297. The van der Waals surface area contributed by atoms with E-state index >= 15 is 0 Å². The summed E-state index contributed by atoms with van der Waals surface area (Å²) in [4.78, 5) is 26.9. The molecule has 0 amide bonds. The highest BCUT2D eigenvalue weighted by Crippen LogP contribution is 2.34. The average Bonchev–Trinajstić information content (AvgIpc) is 2.85. The van der Waals surface area contributed by atoms with Crippen LogP contribution in [0.1, 0.15) is 34.5 Å². The second kappa shape index (κ2) is 11.6. The van der Waals surface area contributed by atoms with Crippen LogP contribution in [-0.2, 0) is 11.0 Å². The van der Waals surface area contributed by atoms with Gasteiger partial charge < -0.3 is 15.7 Å². The number of benzene rings is 2. The van der Waals surface area contributed by atoms with E-state index in [0.717, 1.165) is 6.20 Å². The Kier molecular flexibility index (Phi) is 8.51. The second-order valence-corrected chi connectivity index (χ2v) is 8.07. The Morgan fingerprint density at radius 3 is 2.39 bits per heavy atom. The number of carbonyl (C=O) groups is 2. The summed E-state index contributed by atoms with van der Waals surface area (Å²) in [6.07, 6.45) is -3.33. The lowest BCUT2D eigenvalue weighted by Gasteiger charge is -2.14. The number of ketones is 1. The number of pyridine rings is 1. The third-order valence-corrected chi connectivity index (χ3v) is 5.47.